The van der Waals surface area contributed by atoms with Gasteiger partial charge in [0.1, 0.15) is 11.4 Å². The van der Waals surface area contributed by atoms with Gasteiger partial charge >= 0.3 is 0 Å². The van der Waals surface area contributed by atoms with Crippen molar-refractivity contribution in [3.8, 4) is 0 Å². The molecule has 2 aliphatic carbocycles. The molecule has 0 aromatic heterocycles. The Morgan fingerprint density at radius 1 is 1.00 bits per heavy atom. The monoisotopic (exact) mass is 475 g/mol. The largest absolute Gasteiger partial charge is 0.298 e. The lowest BCUT2D eigenvalue weighted by Crippen LogP contribution is -2.71. The van der Waals surface area contributed by atoms with E-state index in [1.54, 1.807) is 0 Å². The molecule has 7 bridgehead atoms. The van der Waals surface area contributed by atoms with Gasteiger partial charge in [-0.1, -0.05) is 36.8 Å². The van der Waals surface area contributed by atoms with E-state index in [0.29, 0.717) is 43.2 Å². The highest BCUT2D eigenvalue weighted by atomic mass is 16.1. The first-order valence-electron chi connectivity index (χ1n) is 13.5. The first-order valence-corrected chi connectivity index (χ1v) is 13.5. The summed E-state index contributed by atoms with van der Waals surface area (Å²) in [5, 5.41) is 6.72. The summed E-state index contributed by atoms with van der Waals surface area (Å²) in [6, 6.07) is 13.5. The summed E-state index contributed by atoms with van der Waals surface area (Å²) in [7, 11) is 0. The van der Waals surface area contributed by atoms with Crippen LogP contribution in [0.4, 0.5) is 5.69 Å². The molecule has 5 N–H and O–H groups in total. The molecule has 4 fully saturated rings. The topological polar surface area (TPSA) is 83.7 Å². The van der Waals surface area contributed by atoms with Gasteiger partial charge in [-0.05, 0) is 79.2 Å². The van der Waals surface area contributed by atoms with Gasteiger partial charge in [0.2, 0.25) is 0 Å². The fourth-order valence-corrected chi connectivity index (χ4v) is 7.81. The number of ketones is 1. The Bertz CT molecular complexity index is 1140. The number of nitrogens with one attached hydrogen (secondary N) is 5. The first-order chi connectivity index (χ1) is 17.1. The fraction of sp³-hybridized carbons (Fsp3) is 0.593. The minimum Gasteiger partial charge on any atom is -0.298 e. The maximum absolute atomic E-state index is 12.7. The summed E-state index contributed by atoms with van der Waals surface area (Å²) in [5.74, 6) is 1.86. The Balaban J connectivity index is 1.26. The van der Waals surface area contributed by atoms with Crippen molar-refractivity contribution in [2.75, 3.05) is 24.6 Å². The third kappa shape index (κ3) is 3.97. The van der Waals surface area contributed by atoms with E-state index < -0.39 is 5.66 Å². The van der Waals surface area contributed by atoms with Crippen molar-refractivity contribution in [3.05, 3.63) is 42.0 Å². The molecule has 2 aromatic rings. The number of carbonyl (C=O) groups is 1. The van der Waals surface area contributed by atoms with Crippen molar-refractivity contribution in [3.63, 3.8) is 0 Å². The van der Waals surface area contributed by atoms with E-state index in [-0.39, 0.29) is 0 Å². The Morgan fingerprint density at radius 2 is 1.94 bits per heavy atom. The van der Waals surface area contributed by atoms with Crippen LogP contribution in [0.1, 0.15) is 56.9 Å². The number of hydrogen-bond acceptors (Lipinski definition) is 8. The molecule has 0 amide bonds. The van der Waals surface area contributed by atoms with Crippen LogP contribution in [0.15, 0.2) is 36.4 Å². The highest BCUT2D eigenvalue weighted by Crippen LogP contribution is 2.59. The Hall–Kier alpha value is -2.07. The minimum atomic E-state index is -0.425. The van der Waals surface area contributed by atoms with Crippen molar-refractivity contribution < 1.29 is 4.79 Å². The smallest absolute Gasteiger partial charge is 0.148 e. The average molecular weight is 476 g/mol. The second kappa shape index (κ2) is 8.50. The molecule has 0 radical (unpaired) electrons. The van der Waals surface area contributed by atoms with E-state index >= 15 is 0 Å². The number of nitrogens with zero attached hydrogens (tertiary/aromatic N) is 2. The standard InChI is InChI=1S/C27H37N7O/c35-23-8-7-20-13-22-5-3-10-26(22,15-20)11-9-19-12-21-4-1-2-6-24(21)25(14-19)33-17-27(29-28-16-23)18-34(32-33)31-30-27/h1-2,4,6,12,14,20,22,28-32H,3,5,7-11,13,15-18H2. The van der Waals surface area contributed by atoms with Crippen LogP contribution in [0.5, 0.6) is 0 Å². The molecule has 3 aliphatic heterocycles. The maximum Gasteiger partial charge on any atom is 0.148 e. The molecule has 2 aromatic carbocycles. The van der Waals surface area contributed by atoms with Gasteiger partial charge in [0, 0.05) is 11.8 Å². The number of aryl methyl sites for hydroxylation is 1. The number of benzene rings is 2. The van der Waals surface area contributed by atoms with Crippen LogP contribution in [0.2, 0.25) is 0 Å². The highest BCUT2D eigenvalue weighted by Gasteiger charge is 2.49. The summed E-state index contributed by atoms with van der Waals surface area (Å²) in [6.07, 6.45) is 10.9. The molecule has 3 heterocycles. The number of carbonyl (C=O) groups excluding carboxylic acids is 1. The molecule has 186 valence electrons. The van der Waals surface area contributed by atoms with Crippen LogP contribution in [0.25, 0.3) is 10.8 Å². The lowest BCUT2D eigenvalue weighted by Gasteiger charge is -2.41. The van der Waals surface area contributed by atoms with E-state index in [2.05, 4.69) is 68.8 Å². The highest BCUT2D eigenvalue weighted by molar-refractivity contribution is 5.95. The predicted molar refractivity (Wildman–Crippen MR) is 136 cm³/mol. The summed E-state index contributed by atoms with van der Waals surface area (Å²) < 4.78 is 0. The molecule has 35 heavy (non-hydrogen) atoms. The Labute approximate surface area is 207 Å². The van der Waals surface area contributed by atoms with E-state index in [9.17, 15) is 4.79 Å². The molecular formula is C27H37N7O. The fourth-order valence-electron chi connectivity index (χ4n) is 7.81. The zero-order valence-electron chi connectivity index (χ0n) is 20.4. The molecule has 2 spiro atoms. The zero-order chi connectivity index (χ0) is 23.5. The molecule has 8 nitrogen and oxygen atoms in total. The number of anilines is 1. The summed E-state index contributed by atoms with van der Waals surface area (Å²) in [6.45, 7) is 1.77. The van der Waals surface area contributed by atoms with Crippen molar-refractivity contribution >= 4 is 22.2 Å². The van der Waals surface area contributed by atoms with Crippen LogP contribution >= 0.6 is 0 Å². The van der Waals surface area contributed by atoms with Crippen LogP contribution < -0.4 is 32.4 Å². The zero-order valence-corrected chi connectivity index (χ0v) is 20.4. The molecule has 5 atom stereocenters. The number of hydrazine groups is 5. The van der Waals surface area contributed by atoms with Gasteiger partial charge in [0.05, 0.1) is 25.3 Å². The number of rotatable bonds is 0. The van der Waals surface area contributed by atoms with Crippen LogP contribution in [0, 0.1) is 17.3 Å². The van der Waals surface area contributed by atoms with Gasteiger partial charge < -0.3 is 0 Å². The summed E-state index contributed by atoms with van der Waals surface area (Å²) >= 11 is 0. The number of Topliss-reactive ketones (excluding diaryl/α,β-unsaturated/α-hetero) is 1. The van der Waals surface area contributed by atoms with Gasteiger partial charge in [0.25, 0.3) is 0 Å². The molecule has 5 unspecified atom stereocenters. The van der Waals surface area contributed by atoms with E-state index in [4.69, 9.17) is 0 Å². The molecule has 8 heteroatoms. The lowest BCUT2D eigenvalue weighted by atomic mass is 9.75. The SMILES string of the molecule is O=C1CCC2CC3CCCC3(CCc3cc(c4ccccc4c3)N3CC4(CN(NN4)N3)NNC1)C2. The Morgan fingerprint density at radius 3 is 2.91 bits per heavy atom. The van der Waals surface area contributed by atoms with Gasteiger partial charge in [-0.3, -0.25) is 9.80 Å². The number of fused-ring (bicyclic) bond motifs is 8. The van der Waals surface area contributed by atoms with Crippen LogP contribution in [-0.4, -0.2) is 36.2 Å². The average Bonchev–Trinajstić information content (AvgIpc) is 3.50. The minimum absolute atomic E-state index is 0.301. The van der Waals surface area contributed by atoms with E-state index in [0.717, 1.165) is 18.8 Å². The van der Waals surface area contributed by atoms with Gasteiger partial charge in [-0.15, -0.1) is 5.12 Å². The molecule has 2 saturated carbocycles. The molecule has 5 aliphatic rings. The van der Waals surface area contributed by atoms with Crippen LogP contribution in [-0.2, 0) is 11.2 Å². The van der Waals surface area contributed by atoms with E-state index in [1.807, 2.05) is 5.12 Å². The lowest BCUT2D eigenvalue weighted by molar-refractivity contribution is -0.118. The molecular weight excluding hydrogens is 438 g/mol. The van der Waals surface area contributed by atoms with Crippen molar-refractivity contribution in [2.24, 2.45) is 17.3 Å². The maximum atomic E-state index is 12.7. The molecule has 7 rings (SSSR count). The summed E-state index contributed by atoms with van der Waals surface area (Å²) in [5.41, 5.74) is 19.5. The Kier molecular flexibility index (Phi) is 5.38. The van der Waals surface area contributed by atoms with Gasteiger partial charge in [-0.2, -0.15) is 11.1 Å². The second-order valence-electron chi connectivity index (χ2n) is 11.7. The van der Waals surface area contributed by atoms with Gasteiger partial charge in [-0.25, -0.2) is 16.3 Å². The number of hydrogen-bond donors (Lipinski definition) is 5. The normalized spacial score (nSPS) is 37.4. The first kappa shape index (κ1) is 22.2. The van der Waals surface area contributed by atoms with Crippen molar-refractivity contribution in [2.45, 2.75) is 63.5 Å². The van der Waals surface area contributed by atoms with Crippen molar-refractivity contribution in [1.82, 2.24) is 32.5 Å². The third-order valence-electron chi connectivity index (χ3n) is 9.48. The van der Waals surface area contributed by atoms with Gasteiger partial charge in [0.15, 0.2) is 0 Å². The third-order valence-corrected chi connectivity index (χ3v) is 9.48. The van der Waals surface area contributed by atoms with Crippen LogP contribution in [0.3, 0.4) is 0 Å². The predicted octanol–water partition coefficient (Wildman–Crippen LogP) is 2.69. The van der Waals surface area contributed by atoms with E-state index in [1.165, 1.54) is 60.5 Å². The van der Waals surface area contributed by atoms with Crippen molar-refractivity contribution in [1.29, 1.82) is 0 Å². The quantitative estimate of drug-likeness (QED) is 0.398. The second-order valence-corrected chi connectivity index (χ2v) is 11.7. The summed E-state index contributed by atoms with van der Waals surface area (Å²) in [4.78, 5) is 12.7. The molecule has 2 saturated heterocycles.